The van der Waals surface area contributed by atoms with Crippen molar-refractivity contribution in [2.75, 3.05) is 0 Å². The van der Waals surface area contributed by atoms with Crippen LogP contribution < -0.4 is 0 Å². The van der Waals surface area contributed by atoms with E-state index in [1.807, 2.05) is 45.2 Å². The number of alkyl halides is 2. The lowest BCUT2D eigenvalue weighted by Gasteiger charge is -2.04. The monoisotopic (exact) mass is 507 g/mol. The van der Waals surface area contributed by atoms with Crippen molar-refractivity contribution in [3.8, 4) is 0 Å². The lowest BCUT2D eigenvalue weighted by atomic mass is 10.4. The molecule has 0 saturated carbocycles. The van der Waals surface area contributed by atoms with E-state index in [4.69, 9.17) is 0 Å². The minimum absolute atomic E-state index is 0.125. The predicted molar refractivity (Wildman–Crippen MR) is 67.3 cm³/mol. The standard InChI is InChI=1S/C6H2F2I3N/c7-6(8)5-4(11)3(10)2(9)1-12-5/h1,6H. The number of nitrogens with zero attached hydrogens (tertiary/aromatic N) is 1. The van der Waals surface area contributed by atoms with Crippen LogP contribution in [-0.4, -0.2) is 4.98 Å². The number of hydrogen-bond donors (Lipinski definition) is 0. The van der Waals surface area contributed by atoms with Crippen molar-refractivity contribution in [1.29, 1.82) is 0 Å². The van der Waals surface area contributed by atoms with Crippen LogP contribution in [0.3, 0.4) is 0 Å². The van der Waals surface area contributed by atoms with Crippen molar-refractivity contribution in [2.45, 2.75) is 6.43 Å². The summed E-state index contributed by atoms with van der Waals surface area (Å²) in [7, 11) is 0. The Hall–Kier alpha value is 1.20. The minimum Gasteiger partial charge on any atom is -0.253 e. The van der Waals surface area contributed by atoms with E-state index in [0.29, 0.717) is 3.57 Å². The van der Waals surface area contributed by atoms with E-state index in [9.17, 15) is 8.78 Å². The van der Waals surface area contributed by atoms with Gasteiger partial charge in [0.15, 0.2) is 0 Å². The van der Waals surface area contributed by atoms with Gasteiger partial charge in [0.2, 0.25) is 0 Å². The summed E-state index contributed by atoms with van der Waals surface area (Å²) in [5, 5.41) is 0. The summed E-state index contributed by atoms with van der Waals surface area (Å²) in [4.78, 5) is 3.67. The van der Waals surface area contributed by atoms with Crippen molar-refractivity contribution in [3.63, 3.8) is 0 Å². The molecule has 0 atom stereocenters. The highest BCUT2D eigenvalue weighted by atomic mass is 127. The Balaban J connectivity index is 3.27. The summed E-state index contributed by atoms with van der Waals surface area (Å²) < 4.78 is 26.8. The Morgan fingerprint density at radius 1 is 1.17 bits per heavy atom. The number of rotatable bonds is 1. The van der Waals surface area contributed by atoms with E-state index >= 15 is 0 Å². The molecule has 1 nitrogen and oxygen atoms in total. The predicted octanol–water partition coefficient (Wildman–Crippen LogP) is 3.83. The highest BCUT2D eigenvalue weighted by Gasteiger charge is 2.16. The Kier molecular flexibility index (Phi) is 4.34. The first-order chi connectivity index (χ1) is 5.54. The summed E-state index contributed by atoms with van der Waals surface area (Å²) in [5.41, 5.74) is -0.125. The maximum absolute atomic E-state index is 12.3. The molecule has 0 fully saturated rings. The number of pyridine rings is 1. The van der Waals surface area contributed by atoms with E-state index in [1.54, 1.807) is 0 Å². The normalized spacial score (nSPS) is 10.8. The minimum atomic E-state index is -2.48. The van der Waals surface area contributed by atoms with E-state index in [-0.39, 0.29) is 5.69 Å². The average molecular weight is 507 g/mol. The second-order valence-electron chi connectivity index (χ2n) is 1.92. The zero-order valence-electron chi connectivity index (χ0n) is 5.49. The third-order valence-corrected chi connectivity index (χ3v) is 6.25. The third-order valence-electron chi connectivity index (χ3n) is 1.15. The molecule has 1 aromatic heterocycles. The van der Waals surface area contributed by atoms with Gasteiger partial charge in [-0.05, 0) is 67.8 Å². The lowest BCUT2D eigenvalue weighted by Crippen LogP contribution is -1.98. The van der Waals surface area contributed by atoms with Gasteiger partial charge in [0.05, 0.1) is 3.57 Å². The van der Waals surface area contributed by atoms with E-state index < -0.39 is 6.43 Å². The Morgan fingerprint density at radius 2 is 1.75 bits per heavy atom. The van der Waals surface area contributed by atoms with Gasteiger partial charge in [-0.2, -0.15) is 0 Å². The number of halogens is 5. The van der Waals surface area contributed by atoms with Gasteiger partial charge < -0.3 is 0 Å². The van der Waals surface area contributed by atoms with Crippen molar-refractivity contribution in [1.82, 2.24) is 4.98 Å². The third kappa shape index (κ3) is 2.36. The van der Waals surface area contributed by atoms with Gasteiger partial charge in [0.25, 0.3) is 6.43 Å². The molecular formula is C6H2F2I3N. The molecule has 0 spiro atoms. The highest BCUT2D eigenvalue weighted by molar-refractivity contribution is 14.1. The molecule has 0 aliphatic rings. The smallest absolute Gasteiger partial charge is 0.253 e. The van der Waals surface area contributed by atoms with Crippen LogP contribution in [-0.2, 0) is 0 Å². The van der Waals surface area contributed by atoms with E-state index in [1.165, 1.54) is 6.20 Å². The summed E-state index contributed by atoms with van der Waals surface area (Å²) >= 11 is 6.00. The maximum Gasteiger partial charge on any atom is 0.281 e. The molecule has 66 valence electrons. The van der Waals surface area contributed by atoms with Gasteiger partial charge in [-0.1, -0.05) is 0 Å². The Labute approximate surface area is 109 Å². The second-order valence-corrected chi connectivity index (χ2v) is 5.24. The lowest BCUT2D eigenvalue weighted by molar-refractivity contribution is 0.145. The zero-order valence-corrected chi connectivity index (χ0v) is 12.0. The highest BCUT2D eigenvalue weighted by Crippen LogP contribution is 2.28. The van der Waals surface area contributed by atoms with Crippen LogP contribution >= 0.6 is 67.8 Å². The molecule has 12 heavy (non-hydrogen) atoms. The summed E-state index contributed by atoms with van der Waals surface area (Å²) in [6.07, 6.45) is -1.02. The fourth-order valence-corrected chi connectivity index (χ4v) is 2.61. The summed E-state index contributed by atoms with van der Waals surface area (Å²) in [6.45, 7) is 0. The van der Waals surface area contributed by atoms with Crippen molar-refractivity contribution in [3.05, 3.63) is 22.6 Å². The van der Waals surface area contributed by atoms with Gasteiger partial charge in [0, 0.05) is 13.3 Å². The van der Waals surface area contributed by atoms with Crippen LogP contribution in [0.2, 0.25) is 0 Å². The number of hydrogen-bond acceptors (Lipinski definition) is 1. The van der Waals surface area contributed by atoms with E-state index in [2.05, 4.69) is 27.6 Å². The molecular weight excluding hydrogens is 505 g/mol. The molecule has 0 aliphatic heterocycles. The number of aromatic nitrogens is 1. The molecule has 0 amide bonds. The van der Waals surface area contributed by atoms with Crippen molar-refractivity contribution in [2.24, 2.45) is 0 Å². The summed E-state index contributed by atoms with van der Waals surface area (Å²) in [5.74, 6) is 0. The van der Waals surface area contributed by atoms with Gasteiger partial charge in [-0.15, -0.1) is 0 Å². The van der Waals surface area contributed by atoms with Crippen molar-refractivity contribution >= 4 is 67.8 Å². The molecule has 1 aromatic rings. The first kappa shape index (κ1) is 11.3. The van der Waals surface area contributed by atoms with E-state index in [0.717, 1.165) is 7.14 Å². The largest absolute Gasteiger partial charge is 0.281 e. The molecule has 0 unspecified atom stereocenters. The van der Waals surface area contributed by atoms with Crippen LogP contribution in [0.5, 0.6) is 0 Å². The molecule has 1 rings (SSSR count). The topological polar surface area (TPSA) is 12.9 Å². The van der Waals surface area contributed by atoms with Crippen molar-refractivity contribution < 1.29 is 8.78 Å². The van der Waals surface area contributed by atoms with Crippen LogP contribution in [0.1, 0.15) is 12.1 Å². The first-order valence-corrected chi connectivity index (χ1v) is 6.05. The molecule has 0 saturated heterocycles. The molecule has 0 N–H and O–H groups in total. The molecule has 1 heterocycles. The average Bonchev–Trinajstić information content (AvgIpc) is 2.00. The molecule has 0 radical (unpaired) electrons. The molecule has 0 bridgehead atoms. The second kappa shape index (κ2) is 4.62. The molecule has 6 heteroatoms. The molecule has 0 aliphatic carbocycles. The zero-order chi connectivity index (χ0) is 9.30. The van der Waals surface area contributed by atoms with Crippen LogP contribution in [0.25, 0.3) is 0 Å². The van der Waals surface area contributed by atoms with Crippen LogP contribution in [0.4, 0.5) is 8.78 Å². The Morgan fingerprint density at radius 3 is 2.25 bits per heavy atom. The summed E-state index contributed by atoms with van der Waals surface area (Å²) in [6, 6.07) is 0. The fraction of sp³-hybridized carbons (Fsp3) is 0.167. The van der Waals surface area contributed by atoms with Gasteiger partial charge in [0.1, 0.15) is 5.69 Å². The Bertz CT molecular complexity index is 303. The van der Waals surface area contributed by atoms with Gasteiger partial charge in [-0.3, -0.25) is 4.98 Å². The quantitative estimate of drug-likeness (QED) is 0.528. The maximum atomic E-state index is 12.3. The van der Waals surface area contributed by atoms with Gasteiger partial charge >= 0.3 is 0 Å². The first-order valence-electron chi connectivity index (χ1n) is 2.81. The molecule has 0 aromatic carbocycles. The van der Waals surface area contributed by atoms with Crippen LogP contribution in [0.15, 0.2) is 6.20 Å². The fourth-order valence-electron chi connectivity index (χ4n) is 0.609. The van der Waals surface area contributed by atoms with Crippen LogP contribution in [0, 0.1) is 10.7 Å². The SMILES string of the molecule is FC(F)c1ncc(I)c(I)c1I. The van der Waals surface area contributed by atoms with Gasteiger partial charge in [-0.25, -0.2) is 8.78 Å².